The van der Waals surface area contributed by atoms with Crippen molar-refractivity contribution in [2.75, 3.05) is 19.8 Å². The van der Waals surface area contributed by atoms with Gasteiger partial charge in [0.25, 0.3) is 0 Å². The lowest BCUT2D eigenvalue weighted by molar-refractivity contribution is -0.378. The molecule has 0 amide bonds. The highest BCUT2D eigenvalue weighted by molar-refractivity contribution is 5.20. The zero-order valence-corrected chi connectivity index (χ0v) is 40.0. The monoisotopic (exact) mass is 947 g/mol. The molecule has 3 saturated heterocycles. The predicted molar refractivity (Wildman–Crippen MR) is 234 cm³/mol. The van der Waals surface area contributed by atoms with Crippen molar-refractivity contribution in [3.8, 4) is 0 Å². The molecule has 7 aliphatic rings. The van der Waals surface area contributed by atoms with Crippen LogP contribution in [0.1, 0.15) is 113 Å². The standard InChI is InChI=1S/C48H82O18/c1-22(2)10-9-14-48(8,66-42-39(60)36(57)33(54)26(20-50)62-42)23-11-16-47(7)31(23)24(52)18-29-45(5)15-13-30(44(3,4)28(45)12-17-46(29,47)6)64-43-40(37(58)34(55)27(21-51)63-43)65-41-38(59)35(56)32(53)25(19-49)61-41/h10,23-43,49-60H,9,11-21H2,1-8H3/t23-,24+,25-,26+,27+,28+,29+,30+,31-,32-,33+,34+,35+,36-,37-,38-,39+,40+,41+,42+,43+,45-,46+,47+,48-/m0/s1. The third-order valence-electron chi connectivity index (χ3n) is 18.8. The molecule has 18 nitrogen and oxygen atoms in total. The maximum atomic E-state index is 12.7. The quantitative estimate of drug-likeness (QED) is 0.0853. The Labute approximate surface area is 388 Å². The van der Waals surface area contributed by atoms with Crippen LogP contribution in [0.15, 0.2) is 11.6 Å². The Morgan fingerprint density at radius 2 is 1.14 bits per heavy atom. The van der Waals surface area contributed by atoms with E-state index in [0.29, 0.717) is 25.7 Å². The smallest absolute Gasteiger partial charge is 0.187 e. The maximum Gasteiger partial charge on any atom is 0.187 e. The average molecular weight is 947 g/mol. The lowest BCUT2D eigenvalue weighted by Crippen LogP contribution is -2.68. The molecule has 4 aliphatic carbocycles. The van der Waals surface area contributed by atoms with Gasteiger partial charge in [-0.2, -0.15) is 0 Å². The van der Waals surface area contributed by atoms with E-state index < -0.39 is 135 Å². The maximum absolute atomic E-state index is 12.7. The highest BCUT2D eigenvalue weighted by atomic mass is 16.8. The van der Waals surface area contributed by atoms with Gasteiger partial charge in [-0.05, 0) is 124 Å². The lowest BCUT2D eigenvalue weighted by atomic mass is 9.35. The molecule has 0 bridgehead atoms. The molecule has 4 saturated carbocycles. The molecular weight excluding hydrogens is 865 g/mol. The number of hydrogen-bond acceptors (Lipinski definition) is 18. The lowest BCUT2D eigenvalue weighted by Gasteiger charge is -2.71. The van der Waals surface area contributed by atoms with Crippen LogP contribution in [0.2, 0.25) is 0 Å². The first-order valence-electron chi connectivity index (χ1n) is 24.4. The van der Waals surface area contributed by atoms with Crippen molar-refractivity contribution in [2.45, 2.75) is 223 Å². The van der Waals surface area contributed by atoms with Gasteiger partial charge < -0.3 is 89.7 Å². The fourth-order valence-corrected chi connectivity index (χ4v) is 14.9. The summed E-state index contributed by atoms with van der Waals surface area (Å²) in [6, 6.07) is 0. The van der Waals surface area contributed by atoms with Crippen LogP contribution in [-0.2, 0) is 28.4 Å². The van der Waals surface area contributed by atoms with E-state index in [-0.39, 0.29) is 39.9 Å². The van der Waals surface area contributed by atoms with E-state index in [9.17, 15) is 61.3 Å². The second-order valence-corrected chi connectivity index (χ2v) is 22.9. The van der Waals surface area contributed by atoms with Gasteiger partial charge >= 0.3 is 0 Å². The van der Waals surface area contributed by atoms with Crippen molar-refractivity contribution >= 4 is 0 Å². The largest absolute Gasteiger partial charge is 0.394 e. The van der Waals surface area contributed by atoms with E-state index in [2.05, 4.69) is 40.7 Å². The number of hydrogen-bond donors (Lipinski definition) is 12. The molecule has 25 atom stereocenters. The molecule has 0 unspecified atom stereocenters. The summed E-state index contributed by atoms with van der Waals surface area (Å²) in [6.45, 7) is 15.5. The molecule has 0 aromatic rings. The summed E-state index contributed by atoms with van der Waals surface area (Å²) in [7, 11) is 0. The van der Waals surface area contributed by atoms with Crippen molar-refractivity contribution in [3.05, 3.63) is 11.6 Å². The molecule has 3 heterocycles. The summed E-state index contributed by atoms with van der Waals surface area (Å²) < 4.78 is 37.2. The normalized spacial score (nSPS) is 52.4. The fraction of sp³-hybridized carbons (Fsp3) is 0.958. The second-order valence-electron chi connectivity index (χ2n) is 22.9. The first-order valence-corrected chi connectivity index (χ1v) is 24.4. The molecule has 0 spiro atoms. The molecule has 3 aliphatic heterocycles. The summed E-state index contributed by atoms with van der Waals surface area (Å²) in [6.07, 6.45) is -15.4. The van der Waals surface area contributed by atoms with Gasteiger partial charge in [0.2, 0.25) is 0 Å². The third-order valence-corrected chi connectivity index (χ3v) is 18.8. The van der Waals surface area contributed by atoms with Crippen molar-refractivity contribution in [1.29, 1.82) is 0 Å². The van der Waals surface area contributed by atoms with Crippen molar-refractivity contribution in [3.63, 3.8) is 0 Å². The van der Waals surface area contributed by atoms with Crippen LogP contribution in [0.3, 0.4) is 0 Å². The molecular formula is C48H82O18. The van der Waals surface area contributed by atoms with Gasteiger partial charge in [-0.1, -0.05) is 46.3 Å². The number of rotatable bonds is 13. The van der Waals surface area contributed by atoms with Gasteiger partial charge in [-0.25, -0.2) is 0 Å². The van der Waals surface area contributed by atoms with Crippen molar-refractivity contribution < 1.29 is 89.7 Å². The van der Waals surface area contributed by atoms with E-state index in [4.69, 9.17) is 28.4 Å². The highest BCUT2D eigenvalue weighted by Crippen LogP contribution is 2.76. The Morgan fingerprint density at radius 3 is 1.71 bits per heavy atom. The number of allylic oxidation sites excluding steroid dienone is 2. The molecule has 12 N–H and O–H groups in total. The van der Waals surface area contributed by atoms with E-state index in [1.54, 1.807) is 0 Å². The molecule has 0 radical (unpaired) electrons. The van der Waals surface area contributed by atoms with Crippen LogP contribution in [-0.4, -0.2) is 191 Å². The van der Waals surface area contributed by atoms with Gasteiger partial charge in [0, 0.05) is 0 Å². The summed E-state index contributed by atoms with van der Waals surface area (Å²) in [5.41, 5.74) is -1.12. The van der Waals surface area contributed by atoms with E-state index in [0.717, 1.165) is 37.7 Å². The van der Waals surface area contributed by atoms with Crippen LogP contribution in [0.4, 0.5) is 0 Å². The molecule has 18 heteroatoms. The number of fused-ring (bicyclic) bond motifs is 5. The summed E-state index contributed by atoms with van der Waals surface area (Å²) in [5, 5.41) is 129. The minimum absolute atomic E-state index is 0.0905. The predicted octanol–water partition coefficient (Wildman–Crippen LogP) is -0.0268. The summed E-state index contributed by atoms with van der Waals surface area (Å²) >= 11 is 0. The Kier molecular flexibility index (Phi) is 15.7. The zero-order chi connectivity index (χ0) is 48.6. The molecule has 7 rings (SSSR count). The molecule has 382 valence electrons. The van der Waals surface area contributed by atoms with Gasteiger partial charge in [0.1, 0.15) is 73.2 Å². The van der Waals surface area contributed by atoms with Crippen LogP contribution < -0.4 is 0 Å². The Morgan fingerprint density at radius 1 is 0.606 bits per heavy atom. The number of aliphatic hydroxyl groups excluding tert-OH is 12. The van der Waals surface area contributed by atoms with E-state index in [1.807, 2.05) is 20.8 Å². The number of aliphatic hydroxyl groups is 12. The van der Waals surface area contributed by atoms with Gasteiger partial charge in [0.05, 0.1) is 37.6 Å². The topological polar surface area (TPSA) is 298 Å². The molecule has 7 fully saturated rings. The van der Waals surface area contributed by atoms with Crippen LogP contribution in [0.25, 0.3) is 0 Å². The van der Waals surface area contributed by atoms with E-state index >= 15 is 0 Å². The molecule has 0 aromatic heterocycles. The summed E-state index contributed by atoms with van der Waals surface area (Å²) in [4.78, 5) is 0. The highest BCUT2D eigenvalue weighted by Gasteiger charge is 2.72. The van der Waals surface area contributed by atoms with Gasteiger partial charge in [-0.15, -0.1) is 0 Å². The third kappa shape index (κ3) is 8.79. The second kappa shape index (κ2) is 19.6. The fourth-order valence-electron chi connectivity index (χ4n) is 14.9. The summed E-state index contributed by atoms with van der Waals surface area (Å²) in [5.74, 6) is -0.151. The zero-order valence-electron chi connectivity index (χ0n) is 40.0. The van der Waals surface area contributed by atoms with Crippen LogP contribution in [0, 0.1) is 45.3 Å². The van der Waals surface area contributed by atoms with Crippen molar-refractivity contribution in [2.24, 2.45) is 45.3 Å². The van der Waals surface area contributed by atoms with Gasteiger partial charge in [0.15, 0.2) is 18.9 Å². The number of ether oxygens (including phenoxy) is 6. The SMILES string of the molecule is CC(C)=CCC[C@](C)(O[C@H]1O[C@H](CO)[C@@H](O)[C@H](O)[C@H]1O)[C@H]1CC[C@]2(C)[C@@H]1[C@H](O)C[C@@H]1[C@@]3(C)CC[C@@H](O[C@H]4O[C@H](CO)[C@@H](O)[C@H](O)[C@H]4O[C@H]4O[C@@H](CO)[C@H](O)[C@@H](O)[C@@H]4O)C(C)(C)[C@H]3CC[C@]12C. The average Bonchev–Trinajstić information content (AvgIpc) is 3.65. The molecule has 66 heavy (non-hydrogen) atoms. The Bertz CT molecular complexity index is 1680. The first-order chi connectivity index (χ1) is 30.8. The Balaban J connectivity index is 1.13. The van der Waals surface area contributed by atoms with E-state index in [1.165, 1.54) is 0 Å². The molecule has 0 aromatic carbocycles. The van der Waals surface area contributed by atoms with Crippen molar-refractivity contribution in [1.82, 2.24) is 0 Å². The van der Waals surface area contributed by atoms with Gasteiger partial charge in [-0.3, -0.25) is 0 Å². The minimum atomic E-state index is -1.79. The Hall–Kier alpha value is -0.980. The first kappa shape index (κ1) is 52.8. The van der Waals surface area contributed by atoms with Crippen LogP contribution >= 0.6 is 0 Å². The van der Waals surface area contributed by atoms with Crippen LogP contribution in [0.5, 0.6) is 0 Å². The minimum Gasteiger partial charge on any atom is -0.394 e.